The number of anilines is 1. The summed E-state index contributed by atoms with van der Waals surface area (Å²) in [4.78, 5) is 4.27. The first-order chi connectivity index (χ1) is 7.77. The summed E-state index contributed by atoms with van der Waals surface area (Å²) in [5, 5.41) is 9.82. The second kappa shape index (κ2) is 3.47. The van der Waals surface area contributed by atoms with Crippen molar-refractivity contribution in [2.45, 2.75) is 12.1 Å². The van der Waals surface area contributed by atoms with Crippen LogP contribution < -0.4 is 5.73 Å². The van der Waals surface area contributed by atoms with Gasteiger partial charge < -0.3 is 20.1 Å². The quantitative estimate of drug-likeness (QED) is 0.734. The molecule has 1 aromatic carbocycles. The number of ether oxygens (including phenoxy) is 1. The van der Waals surface area contributed by atoms with Gasteiger partial charge in [0.1, 0.15) is 6.10 Å². The molecule has 0 spiro atoms. The minimum atomic E-state index is -0.514. The molecule has 2 aromatic rings. The summed E-state index contributed by atoms with van der Waals surface area (Å²) in [5.74, 6) is 0.427. The molecule has 16 heavy (non-hydrogen) atoms. The molecule has 3 N–H and O–H groups in total. The van der Waals surface area contributed by atoms with Crippen LogP contribution in [0, 0.1) is 0 Å². The van der Waals surface area contributed by atoms with Gasteiger partial charge in [-0.15, -0.1) is 0 Å². The third-order valence-electron chi connectivity index (χ3n) is 2.98. The van der Waals surface area contributed by atoms with Gasteiger partial charge in [0.15, 0.2) is 0 Å². The predicted octanol–water partition coefficient (Wildman–Crippen LogP) is 0.551. The average molecular weight is 219 g/mol. The van der Waals surface area contributed by atoms with E-state index in [0.29, 0.717) is 19.2 Å². The maximum atomic E-state index is 9.82. The summed E-state index contributed by atoms with van der Waals surface area (Å²) < 4.78 is 7.10. The Morgan fingerprint density at radius 1 is 1.38 bits per heavy atom. The number of nitrogens with two attached hydrogens (primary N) is 1. The number of benzene rings is 1. The van der Waals surface area contributed by atoms with Gasteiger partial charge in [0.05, 0.1) is 30.3 Å². The van der Waals surface area contributed by atoms with E-state index in [9.17, 15) is 5.11 Å². The Morgan fingerprint density at radius 2 is 2.19 bits per heavy atom. The maximum absolute atomic E-state index is 9.82. The van der Waals surface area contributed by atoms with Gasteiger partial charge in [0, 0.05) is 0 Å². The lowest BCUT2D eigenvalue weighted by Gasteiger charge is -2.16. The van der Waals surface area contributed by atoms with Crippen molar-refractivity contribution >= 4 is 17.0 Å². The van der Waals surface area contributed by atoms with E-state index in [1.54, 1.807) is 0 Å². The Hall–Kier alpha value is -1.59. The number of aliphatic hydroxyl groups excluding tert-OH is 1. The van der Waals surface area contributed by atoms with Crippen LogP contribution in [0.1, 0.15) is 6.04 Å². The topological polar surface area (TPSA) is 73.3 Å². The van der Waals surface area contributed by atoms with Crippen LogP contribution in [0.25, 0.3) is 11.0 Å². The Balaban J connectivity index is 2.18. The Morgan fingerprint density at radius 3 is 2.94 bits per heavy atom. The molecule has 1 aromatic heterocycles. The second-order valence-electron chi connectivity index (χ2n) is 4.00. The molecule has 3 rings (SSSR count). The van der Waals surface area contributed by atoms with Crippen molar-refractivity contribution in [3.05, 3.63) is 24.3 Å². The molecule has 5 heteroatoms. The third kappa shape index (κ3) is 1.29. The molecule has 1 fully saturated rings. The lowest BCUT2D eigenvalue weighted by atomic mass is 10.2. The zero-order valence-corrected chi connectivity index (χ0v) is 8.71. The van der Waals surface area contributed by atoms with E-state index in [1.165, 1.54) is 0 Å². The fraction of sp³-hybridized carbons (Fsp3) is 0.364. The summed E-state index contributed by atoms with van der Waals surface area (Å²) >= 11 is 0. The number of hydrogen-bond donors (Lipinski definition) is 2. The van der Waals surface area contributed by atoms with Crippen LogP contribution in [0.15, 0.2) is 24.3 Å². The maximum Gasteiger partial charge on any atom is 0.201 e. The van der Waals surface area contributed by atoms with Gasteiger partial charge in [-0.05, 0) is 12.1 Å². The Kier molecular flexibility index (Phi) is 2.08. The van der Waals surface area contributed by atoms with E-state index >= 15 is 0 Å². The highest BCUT2D eigenvalue weighted by Gasteiger charge is 2.30. The highest BCUT2D eigenvalue weighted by molar-refractivity contribution is 5.78. The third-order valence-corrected chi connectivity index (χ3v) is 2.98. The number of rotatable bonds is 1. The average Bonchev–Trinajstić information content (AvgIpc) is 2.81. The zero-order chi connectivity index (χ0) is 11.1. The fourth-order valence-electron chi connectivity index (χ4n) is 2.19. The van der Waals surface area contributed by atoms with E-state index < -0.39 is 6.10 Å². The highest BCUT2D eigenvalue weighted by Crippen LogP contribution is 2.27. The smallest absolute Gasteiger partial charge is 0.201 e. The normalized spacial score (nSPS) is 25.3. The molecular formula is C11H13N3O2. The van der Waals surface area contributed by atoms with Crippen molar-refractivity contribution in [3.8, 4) is 0 Å². The first-order valence-electron chi connectivity index (χ1n) is 5.25. The molecular weight excluding hydrogens is 206 g/mol. The molecule has 2 atom stereocenters. The number of fused-ring (bicyclic) bond motifs is 1. The summed E-state index contributed by atoms with van der Waals surface area (Å²) in [7, 11) is 0. The van der Waals surface area contributed by atoms with Crippen LogP contribution in [0.4, 0.5) is 5.95 Å². The van der Waals surface area contributed by atoms with Crippen molar-refractivity contribution in [1.29, 1.82) is 0 Å². The molecule has 0 aliphatic carbocycles. The van der Waals surface area contributed by atoms with Crippen molar-refractivity contribution in [3.63, 3.8) is 0 Å². The molecule has 2 heterocycles. The van der Waals surface area contributed by atoms with Gasteiger partial charge in [-0.3, -0.25) is 0 Å². The summed E-state index contributed by atoms with van der Waals surface area (Å²) in [6.45, 7) is 0.836. The number of aliphatic hydroxyl groups is 1. The van der Waals surface area contributed by atoms with Crippen molar-refractivity contribution in [2.24, 2.45) is 0 Å². The summed E-state index contributed by atoms with van der Waals surface area (Å²) in [6.07, 6.45) is -0.514. The van der Waals surface area contributed by atoms with E-state index in [4.69, 9.17) is 10.5 Å². The molecule has 0 amide bonds. The molecule has 1 aliphatic heterocycles. The van der Waals surface area contributed by atoms with Gasteiger partial charge in [-0.1, -0.05) is 12.1 Å². The van der Waals surface area contributed by atoms with E-state index in [0.717, 1.165) is 11.0 Å². The van der Waals surface area contributed by atoms with Gasteiger partial charge in [0.2, 0.25) is 5.95 Å². The van der Waals surface area contributed by atoms with Gasteiger partial charge in [-0.25, -0.2) is 4.98 Å². The minimum Gasteiger partial charge on any atom is -0.388 e. The lowest BCUT2D eigenvalue weighted by Crippen LogP contribution is -2.23. The van der Waals surface area contributed by atoms with Crippen LogP contribution in [0.2, 0.25) is 0 Å². The number of nitrogens with zero attached hydrogens (tertiary/aromatic N) is 2. The Labute approximate surface area is 92.5 Å². The zero-order valence-electron chi connectivity index (χ0n) is 8.71. The number of nitrogen functional groups attached to an aromatic ring is 1. The van der Waals surface area contributed by atoms with Crippen LogP contribution in [0.5, 0.6) is 0 Å². The van der Waals surface area contributed by atoms with Crippen molar-refractivity contribution in [1.82, 2.24) is 9.55 Å². The van der Waals surface area contributed by atoms with E-state index in [-0.39, 0.29) is 6.04 Å². The predicted molar refractivity (Wildman–Crippen MR) is 60.0 cm³/mol. The molecule has 5 nitrogen and oxygen atoms in total. The molecule has 0 saturated carbocycles. The SMILES string of the molecule is Nc1nc2ccccc2n1C1COC[C@H]1O. The van der Waals surface area contributed by atoms with Crippen LogP contribution in [0.3, 0.4) is 0 Å². The van der Waals surface area contributed by atoms with Crippen LogP contribution >= 0.6 is 0 Å². The number of aromatic nitrogens is 2. The molecule has 0 radical (unpaired) electrons. The fourth-order valence-corrected chi connectivity index (χ4v) is 2.19. The number of imidazole rings is 1. The van der Waals surface area contributed by atoms with Crippen LogP contribution in [-0.2, 0) is 4.74 Å². The molecule has 1 unspecified atom stereocenters. The Bertz CT molecular complexity index is 523. The number of para-hydroxylation sites is 2. The molecule has 1 saturated heterocycles. The minimum absolute atomic E-state index is 0.132. The largest absolute Gasteiger partial charge is 0.388 e. The molecule has 0 bridgehead atoms. The van der Waals surface area contributed by atoms with E-state index in [2.05, 4.69) is 4.98 Å². The van der Waals surface area contributed by atoms with Gasteiger partial charge >= 0.3 is 0 Å². The first-order valence-corrected chi connectivity index (χ1v) is 5.25. The molecule has 84 valence electrons. The highest BCUT2D eigenvalue weighted by atomic mass is 16.5. The van der Waals surface area contributed by atoms with E-state index in [1.807, 2.05) is 28.8 Å². The molecule has 1 aliphatic rings. The first kappa shape index (κ1) is 9.62. The van der Waals surface area contributed by atoms with Gasteiger partial charge in [0.25, 0.3) is 0 Å². The van der Waals surface area contributed by atoms with Crippen LogP contribution in [-0.4, -0.2) is 34.0 Å². The monoisotopic (exact) mass is 219 g/mol. The van der Waals surface area contributed by atoms with Gasteiger partial charge in [-0.2, -0.15) is 0 Å². The van der Waals surface area contributed by atoms with Crippen molar-refractivity contribution in [2.75, 3.05) is 18.9 Å². The summed E-state index contributed by atoms with van der Waals surface area (Å²) in [5.41, 5.74) is 7.67. The standard InChI is InChI=1S/C11H13N3O2/c12-11-13-7-3-1-2-4-8(7)14(11)9-5-16-6-10(9)15/h1-4,9-10,15H,5-6H2,(H2,12,13)/t9?,10-/m1/s1. The number of hydrogen-bond acceptors (Lipinski definition) is 4. The lowest BCUT2D eigenvalue weighted by molar-refractivity contribution is 0.120. The summed E-state index contributed by atoms with van der Waals surface area (Å²) in [6, 6.07) is 7.57. The second-order valence-corrected chi connectivity index (χ2v) is 4.00. The van der Waals surface area contributed by atoms with Crippen molar-refractivity contribution < 1.29 is 9.84 Å².